The number of rotatable bonds is 8. The highest BCUT2D eigenvalue weighted by Gasteiger charge is 2.15. The molecule has 9 nitrogen and oxygen atoms in total. The third kappa shape index (κ3) is 5.64. The van der Waals surface area contributed by atoms with E-state index < -0.39 is 28.4 Å². The molecule has 0 bridgehead atoms. The molecule has 3 N–H and O–H groups in total. The van der Waals surface area contributed by atoms with E-state index in [1.54, 1.807) is 35.6 Å². The number of nitrogens with zero attached hydrogens (tertiary/aromatic N) is 2. The molecular formula is C22H21N5O4S2. The van der Waals surface area contributed by atoms with Gasteiger partial charge in [0.1, 0.15) is 0 Å². The summed E-state index contributed by atoms with van der Waals surface area (Å²) >= 11 is 1.55. The van der Waals surface area contributed by atoms with E-state index in [0.29, 0.717) is 5.69 Å². The summed E-state index contributed by atoms with van der Waals surface area (Å²) in [6.07, 6.45) is 3.87. The predicted molar refractivity (Wildman–Crippen MR) is 127 cm³/mol. The van der Waals surface area contributed by atoms with Gasteiger partial charge in [-0.25, -0.2) is 18.1 Å². The van der Waals surface area contributed by atoms with Crippen molar-refractivity contribution in [3.05, 3.63) is 71.9 Å². The molecule has 2 amide bonds. The van der Waals surface area contributed by atoms with Crippen LogP contribution in [0.4, 0.5) is 5.69 Å². The number of hydrogen-bond acceptors (Lipinski definition) is 6. The van der Waals surface area contributed by atoms with Crippen molar-refractivity contribution >= 4 is 43.8 Å². The minimum atomic E-state index is -3.81. The Morgan fingerprint density at radius 1 is 1.00 bits per heavy atom. The van der Waals surface area contributed by atoms with E-state index in [2.05, 4.69) is 20.3 Å². The molecule has 0 fully saturated rings. The molecule has 2 heterocycles. The van der Waals surface area contributed by atoms with Crippen molar-refractivity contribution in [1.29, 1.82) is 0 Å². The molecule has 0 atom stereocenters. The molecule has 4 rings (SSSR count). The van der Waals surface area contributed by atoms with Crippen molar-refractivity contribution in [2.45, 2.75) is 11.8 Å². The fourth-order valence-electron chi connectivity index (χ4n) is 3.00. The molecule has 2 aromatic carbocycles. The Balaban J connectivity index is 1.24. The Labute approximate surface area is 194 Å². The minimum Gasteiger partial charge on any atom is -0.346 e. The van der Waals surface area contributed by atoms with Gasteiger partial charge in [-0.05, 0) is 31.2 Å². The Hall–Kier alpha value is -3.54. The van der Waals surface area contributed by atoms with Crippen LogP contribution in [0.3, 0.4) is 0 Å². The number of sulfonamides is 1. The summed E-state index contributed by atoms with van der Waals surface area (Å²) in [6, 6.07) is 13.5. The summed E-state index contributed by atoms with van der Waals surface area (Å²) in [5, 5.41) is 7.04. The van der Waals surface area contributed by atoms with E-state index in [-0.39, 0.29) is 11.4 Å². The lowest BCUT2D eigenvalue weighted by Crippen LogP contribution is -2.40. The normalized spacial score (nSPS) is 11.4. The average molecular weight is 484 g/mol. The van der Waals surface area contributed by atoms with Gasteiger partial charge in [0.05, 0.1) is 23.7 Å². The lowest BCUT2D eigenvalue weighted by Gasteiger charge is -2.09. The monoisotopic (exact) mass is 483 g/mol. The molecule has 170 valence electrons. The minimum absolute atomic E-state index is 0.0671. The summed E-state index contributed by atoms with van der Waals surface area (Å²) in [7, 11) is -3.81. The summed E-state index contributed by atoms with van der Waals surface area (Å²) in [4.78, 5) is 29.6. The first-order chi connectivity index (χ1) is 15.8. The van der Waals surface area contributed by atoms with Crippen molar-refractivity contribution in [1.82, 2.24) is 19.4 Å². The number of anilines is 1. The van der Waals surface area contributed by atoms with E-state index in [1.807, 2.05) is 41.2 Å². The van der Waals surface area contributed by atoms with E-state index in [4.69, 9.17) is 0 Å². The fraction of sp³-hybridized carbons (Fsp3) is 0.136. The lowest BCUT2D eigenvalue weighted by atomic mass is 10.1. The van der Waals surface area contributed by atoms with E-state index in [1.165, 1.54) is 12.1 Å². The first-order valence-electron chi connectivity index (χ1n) is 9.96. The van der Waals surface area contributed by atoms with E-state index >= 15 is 0 Å². The molecule has 0 aliphatic heterocycles. The number of fused-ring (bicyclic) bond motifs is 1. The lowest BCUT2D eigenvalue weighted by molar-refractivity contribution is -0.123. The Morgan fingerprint density at radius 3 is 2.42 bits per heavy atom. The second-order valence-electron chi connectivity index (χ2n) is 7.26. The molecule has 0 saturated carbocycles. The largest absolute Gasteiger partial charge is 0.346 e. The van der Waals surface area contributed by atoms with Crippen molar-refractivity contribution in [2.24, 2.45) is 0 Å². The van der Waals surface area contributed by atoms with Crippen LogP contribution in [0.2, 0.25) is 0 Å². The third-order valence-electron chi connectivity index (χ3n) is 4.76. The van der Waals surface area contributed by atoms with E-state index in [0.717, 1.165) is 21.8 Å². The van der Waals surface area contributed by atoms with Crippen LogP contribution in [-0.2, 0) is 19.6 Å². The highest BCUT2D eigenvalue weighted by atomic mass is 32.2. The number of carbonyl (C=O) groups excluding carboxylic acids is 2. The fourth-order valence-corrected chi connectivity index (χ4v) is 4.68. The predicted octanol–water partition coefficient (Wildman–Crippen LogP) is 2.40. The van der Waals surface area contributed by atoms with Crippen LogP contribution in [0.15, 0.2) is 71.2 Å². The molecule has 0 saturated heterocycles. The second kappa shape index (κ2) is 9.53. The number of aryl methyl sites for hydroxylation is 1. The Kier molecular flexibility index (Phi) is 6.54. The number of nitrogens with one attached hydrogen (secondary N) is 3. The van der Waals surface area contributed by atoms with Gasteiger partial charge in [-0.15, -0.1) is 11.3 Å². The zero-order chi connectivity index (χ0) is 23.4. The van der Waals surface area contributed by atoms with E-state index in [9.17, 15) is 18.0 Å². The Bertz CT molecular complexity index is 1360. The van der Waals surface area contributed by atoms with Crippen molar-refractivity contribution < 1.29 is 18.0 Å². The SMILES string of the molecule is Cc1ccc(S(=O)(=O)NCC(=O)NCC(=O)Nc2ccc(-c3cn4ccsc4n3)cc2)cc1. The topological polar surface area (TPSA) is 122 Å². The summed E-state index contributed by atoms with van der Waals surface area (Å²) in [5.41, 5.74) is 3.24. The summed E-state index contributed by atoms with van der Waals surface area (Å²) < 4.78 is 28.6. The maximum Gasteiger partial charge on any atom is 0.243 e. The van der Waals surface area contributed by atoms with Crippen LogP contribution in [0, 0.1) is 6.92 Å². The molecule has 4 aromatic rings. The number of hydrogen-bond donors (Lipinski definition) is 3. The zero-order valence-electron chi connectivity index (χ0n) is 17.6. The molecule has 2 aromatic heterocycles. The number of imidazole rings is 1. The van der Waals surface area contributed by atoms with Crippen molar-refractivity contribution in [3.8, 4) is 11.3 Å². The Morgan fingerprint density at radius 2 is 1.73 bits per heavy atom. The maximum atomic E-state index is 12.2. The number of carbonyl (C=O) groups is 2. The average Bonchev–Trinajstić information content (AvgIpc) is 3.40. The zero-order valence-corrected chi connectivity index (χ0v) is 19.2. The van der Waals surface area contributed by atoms with Gasteiger partial charge >= 0.3 is 0 Å². The quantitative estimate of drug-likeness (QED) is 0.355. The van der Waals surface area contributed by atoms with Gasteiger partial charge in [-0.3, -0.25) is 14.0 Å². The number of aromatic nitrogens is 2. The first-order valence-corrected chi connectivity index (χ1v) is 12.3. The second-order valence-corrected chi connectivity index (χ2v) is 9.90. The van der Waals surface area contributed by atoms with Crippen molar-refractivity contribution in [2.75, 3.05) is 18.4 Å². The highest BCUT2D eigenvalue weighted by molar-refractivity contribution is 7.89. The highest BCUT2D eigenvalue weighted by Crippen LogP contribution is 2.23. The van der Waals surface area contributed by atoms with Crippen LogP contribution < -0.4 is 15.4 Å². The molecule has 0 aliphatic carbocycles. The first kappa shape index (κ1) is 22.6. The molecular weight excluding hydrogens is 462 g/mol. The van der Waals surface area contributed by atoms with Gasteiger partial charge in [-0.1, -0.05) is 29.8 Å². The summed E-state index contributed by atoms with van der Waals surface area (Å²) in [5.74, 6) is -1.05. The maximum absolute atomic E-state index is 12.2. The molecule has 0 unspecified atom stereocenters. The van der Waals surface area contributed by atoms with Crippen LogP contribution in [0.1, 0.15) is 5.56 Å². The standard InChI is InChI=1S/C22H21N5O4S2/c1-15-2-8-18(9-3-15)33(30,31)24-13-20(28)23-12-21(29)25-17-6-4-16(5-7-17)19-14-27-10-11-32-22(27)26-19/h2-11,14,24H,12-13H2,1H3,(H,23,28)(H,25,29). The van der Waals surface area contributed by atoms with Gasteiger partial charge in [0, 0.05) is 29.0 Å². The summed E-state index contributed by atoms with van der Waals surface area (Å²) in [6.45, 7) is 1.09. The third-order valence-corrected chi connectivity index (χ3v) is 6.95. The van der Waals surface area contributed by atoms with Gasteiger partial charge in [0.2, 0.25) is 21.8 Å². The number of benzene rings is 2. The van der Waals surface area contributed by atoms with Crippen molar-refractivity contribution in [3.63, 3.8) is 0 Å². The molecule has 0 spiro atoms. The van der Waals surface area contributed by atoms with Crippen LogP contribution in [0.5, 0.6) is 0 Å². The van der Waals surface area contributed by atoms with Gasteiger partial charge in [0.15, 0.2) is 4.96 Å². The number of amides is 2. The smallest absolute Gasteiger partial charge is 0.243 e. The van der Waals surface area contributed by atoms with Gasteiger partial charge in [-0.2, -0.15) is 0 Å². The van der Waals surface area contributed by atoms with Gasteiger partial charge in [0.25, 0.3) is 0 Å². The van der Waals surface area contributed by atoms with Crippen LogP contribution >= 0.6 is 11.3 Å². The van der Waals surface area contributed by atoms with Crippen LogP contribution in [-0.4, -0.2) is 42.7 Å². The molecule has 0 radical (unpaired) electrons. The number of thiazole rings is 1. The molecule has 11 heteroatoms. The van der Waals surface area contributed by atoms with Gasteiger partial charge < -0.3 is 10.6 Å². The van der Waals surface area contributed by atoms with Crippen LogP contribution in [0.25, 0.3) is 16.2 Å². The molecule has 33 heavy (non-hydrogen) atoms. The molecule has 0 aliphatic rings.